The Kier molecular flexibility index (Phi) is 2.31. The summed E-state index contributed by atoms with van der Waals surface area (Å²) in [4.78, 5) is 0. The van der Waals surface area contributed by atoms with E-state index in [1.54, 1.807) is 0 Å². The molecule has 0 saturated carbocycles. The van der Waals surface area contributed by atoms with Crippen molar-refractivity contribution in [3.63, 3.8) is 0 Å². The van der Waals surface area contributed by atoms with E-state index < -0.39 is 240 Å². The topological polar surface area (TPSA) is 13.1 Å². The largest absolute Gasteiger partial charge is 0.455 e. The number of hydrogen-bond donors (Lipinski definition) is 0. The van der Waals surface area contributed by atoms with Crippen LogP contribution in [0.3, 0.4) is 0 Å². The number of hydrogen-bond acceptors (Lipinski definition) is 1. The second-order valence-corrected chi connectivity index (χ2v) is 10.4. The lowest BCUT2D eigenvalue weighted by Crippen LogP contribution is -1.96. The number of fused-ring (bicyclic) bond motifs is 10. The van der Waals surface area contributed by atoms with Crippen molar-refractivity contribution in [2.75, 3.05) is 0 Å². The van der Waals surface area contributed by atoms with Gasteiger partial charge in [-0.2, -0.15) is 0 Å². The Morgan fingerprint density at radius 1 is 0.413 bits per heavy atom. The summed E-state index contributed by atoms with van der Waals surface area (Å²) in [7, 11) is 0. The van der Waals surface area contributed by atoms with Crippen LogP contribution in [-0.4, -0.2) is 0 Å². The zero-order chi connectivity index (χ0) is 52.8. The molecule has 0 fully saturated rings. The van der Waals surface area contributed by atoms with E-state index in [9.17, 15) is 9.60 Å². The van der Waals surface area contributed by atoms with Crippen molar-refractivity contribution in [1.82, 2.24) is 0 Å². The molecule has 0 N–H and O–H groups in total. The summed E-state index contributed by atoms with van der Waals surface area (Å²) in [6, 6.07) is -21.6. The van der Waals surface area contributed by atoms with Gasteiger partial charge < -0.3 is 4.42 Å². The summed E-state index contributed by atoms with van der Waals surface area (Å²) in [6.45, 7) is 0. The molecule has 1 heterocycles. The minimum atomic E-state index is -0.946. The van der Waals surface area contributed by atoms with E-state index in [0.717, 1.165) is 0 Å². The predicted molar refractivity (Wildman–Crippen MR) is 196 cm³/mol. The minimum Gasteiger partial charge on any atom is -0.455 e. The average Bonchev–Trinajstić information content (AvgIpc) is 3.75. The monoisotopic (exact) mass is 610 g/mol. The molecule has 46 heavy (non-hydrogen) atoms. The number of furan rings is 1. The van der Waals surface area contributed by atoms with E-state index in [-0.39, 0.29) is 21.7 Å². The maximum atomic E-state index is 9.53. The molecule has 0 spiro atoms. The van der Waals surface area contributed by atoms with Crippen LogP contribution in [0.25, 0.3) is 86.9 Å². The Hall–Kier alpha value is -5.92. The molecule has 9 aromatic carbocycles. The van der Waals surface area contributed by atoms with Gasteiger partial charge in [0.1, 0.15) is 11.2 Å². The second kappa shape index (κ2) is 9.79. The zero-order valence-electron chi connectivity index (χ0n) is 49.1. The van der Waals surface area contributed by atoms with Crippen LogP contribution in [0.5, 0.6) is 0 Å². The SMILES string of the molecule is [2H]c1c([2H])c(Cc2c3c([2H])c([2H])c([2H])c([2H])c3c(-c3c([2H])c([2H])c([2H])c4c([2H])c([2H])c5c([2H])c([2H])c([2H])c([2H])c5c34)c3c([2H])c([2H])c([2H])c([2H])c23)c2c(oc3c4c([2H])c([2H])c([2H])c([2H])c4c([2H])c([2H])c32)c1[2H]. The van der Waals surface area contributed by atoms with Crippen molar-refractivity contribution in [3.05, 3.63) is 168 Å². The molecule has 1 heteroatoms. The Labute approximate surface area is 302 Å². The van der Waals surface area contributed by atoms with Crippen LogP contribution in [0.4, 0.5) is 0 Å². The maximum Gasteiger partial charge on any atom is 0.143 e. The van der Waals surface area contributed by atoms with Gasteiger partial charge in [0.25, 0.3) is 0 Å². The fourth-order valence-corrected chi connectivity index (χ4v) is 6.12. The lowest BCUT2D eigenvalue weighted by atomic mass is 9.84. The lowest BCUT2D eigenvalue weighted by molar-refractivity contribution is 0.672. The van der Waals surface area contributed by atoms with Crippen LogP contribution in [0, 0.1) is 0 Å². The van der Waals surface area contributed by atoms with E-state index in [1.165, 1.54) is 0 Å². The standard InChI is InChI=1S/C45H28O/c1-3-15-32-28(11-1)23-24-30-13-9-21-38(42(30)32)44-36-19-7-5-17-34(36)40(35-18-6-8-20-37(35)44)27-31-14-10-22-41-43(31)39-26-25-29-12-2-4-16-33(29)45(39)46-41/h1-26H,27H2/i1D,2D,3D,4D,5D,6D,7D,8D,9D,10D,11D,12D,13D,14D,15D,16D,17D,18D,19D,20D,21D,22D,23D,24D,25D,26D. The average molecular weight is 611 g/mol. The number of benzene rings is 9. The van der Waals surface area contributed by atoms with Gasteiger partial charge in [-0.15, -0.1) is 0 Å². The molecule has 0 aliphatic heterocycles. The molecule has 0 saturated heterocycles. The van der Waals surface area contributed by atoms with Crippen LogP contribution in [0.1, 0.15) is 46.8 Å². The van der Waals surface area contributed by atoms with Gasteiger partial charge in [0.15, 0.2) is 0 Å². The molecular formula is C45H28O. The van der Waals surface area contributed by atoms with E-state index >= 15 is 0 Å². The summed E-state index contributed by atoms with van der Waals surface area (Å²) in [5.74, 6) is 0. The molecule has 0 atom stereocenters. The van der Waals surface area contributed by atoms with Crippen molar-refractivity contribution in [3.8, 4) is 11.1 Å². The Balaban J connectivity index is 1.51. The quantitative estimate of drug-likeness (QED) is 0.143. The van der Waals surface area contributed by atoms with Crippen molar-refractivity contribution in [1.29, 1.82) is 0 Å². The fourth-order valence-electron chi connectivity index (χ4n) is 6.12. The van der Waals surface area contributed by atoms with Gasteiger partial charge >= 0.3 is 0 Å². The van der Waals surface area contributed by atoms with Crippen molar-refractivity contribution in [2.45, 2.75) is 6.42 Å². The van der Waals surface area contributed by atoms with E-state index in [1.807, 2.05) is 0 Å². The normalized spacial score (nSPS) is 19.9. The third kappa shape index (κ3) is 3.63. The van der Waals surface area contributed by atoms with Gasteiger partial charge in [0.05, 0.1) is 35.6 Å². The second-order valence-electron chi connectivity index (χ2n) is 10.4. The van der Waals surface area contributed by atoms with Crippen LogP contribution < -0.4 is 0 Å². The summed E-state index contributed by atoms with van der Waals surface area (Å²) in [5.41, 5.74) is -3.00. The highest BCUT2D eigenvalue weighted by Crippen LogP contribution is 2.45. The molecule has 0 bridgehead atoms. The van der Waals surface area contributed by atoms with Gasteiger partial charge in [-0.25, -0.2) is 0 Å². The molecule has 0 unspecified atom stereocenters. The molecule has 214 valence electrons. The first-order chi connectivity index (χ1) is 33.6. The van der Waals surface area contributed by atoms with Crippen molar-refractivity contribution < 1.29 is 40.1 Å². The van der Waals surface area contributed by atoms with Gasteiger partial charge in [-0.3, -0.25) is 0 Å². The smallest absolute Gasteiger partial charge is 0.143 e. The van der Waals surface area contributed by atoms with E-state index in [0.29, 0.717) is 0 Å². The summed E-state index contributed by atoms with van der Waals surface area (Å²) in [6.07, 6.45) is -0.857. The maximum absolute atomic E-state index is 9.53. The Morgan fingerprint density at radius 3 is 1.74 bits per heavy atom. The molecule has 10 rings (SSSR count). The van der Waals surface area contributed by atoms with Gasteiger partial charge in [0, 0.05) is 16.2 Å². The number of rotatable bonds is 3. The van der Waals surface area contributed by atoms with Crippen LogP contribution in [-0.2, 0) is 6.42 Å². The third-order valence-electron chi connectivity index (χ3n) is 8.03. The molecule has 0 amide bonds. The third-order valence-corrected chi connectivity index (χ3v) is 8.03. The zero-order valence-corrected chi connectivity index (χ0v) is 23.1. The van der Waals surface area contributed by atoms with Crippen LogP contribution >= 0.6 is 0 Å². The van der Waals surface area contributed by atoms with Gasteiger partial charge in [0.2, 0.25) is 0 Å². The molecular weight excluding hydrogens is 556 g/mol. The minimum absolute atomic E-state index is 0.324. The Bertz CT molecular complexity index is 4230. The molecule has 0 aliphatic carbocycles. The summed E-state index contributed by atoms with van der Waals surface area (Å²) < 4.78 is 240. The highest BCUT2D eigenvalue weighted by atomic mass is 16.3. The lowest BCUT2D eigenvalue weighted by Gasteiger charge is -2.19. The van der Waals surface area contributed by atoms with Crippen LogP contribution in [0.15, 0.2) is 162 Å². The van der Waals surface area contributed by atoms with Crippen molar-refractivity contribution >= 4 is 75.8 Å². The fraction of sp³-hybridized carbons (Fsp3) is 0.0222. The van der Waals surface area contributed by atoms with Crippen LogP contribution in [0.2, 0.25) is 0 Å². The van der Waals surface area contributed by atoms with Gasteiger partial charge in [-0.1, -0.05) is 145 Å². The summed E-state index contributed by atoms with van der Waals surface area (Å²) >= 11 is 0. The molecule has 1 aromatic heterocycles. The molecule has 1 nitrogen and oxygen atoms in total. The molecule has 10 aromatic rings. The first kappa shape index (κ1) is 10.9. The van der Waals surface area contributed by atoms with Gasteiger partial charge in [-0.05, 0) is 89.2 Å². The highest BCUT2D eigenvalue weighted by Gasteiger charge is 2.20. The highest BCUT2D eigenvalue weighted by molar-refractivity contribution is 6.23. The Morgan fingerprint density at radius 2 is 0.978 bits per heavy atom. The van der Waals surface area contributed by atoms with E-state index in [2.05, 4.69) is 0 Å². The van der Waals surface area contributed by atoms with E-state index in [4.69, 9.17) is 30.5 Å². The predicted octanol–water partition coefficient (Wildman–Crippen LogP) is 12.6. The molecule has 0 radical (unpaired) electrons. The van der Waals surface area contributed by atoms with Crippen molar-refractivity contribution in [2.24, 2.45) is 0 Å². The first-order valence-corrected chi connectivity index (χ1v) is 13.9. The molecule has 0 aliphatic rings. The first-order valence-electron chi connectivity index (χ1n) is 26.9. The summed E-state index contributed by atoms with van der Waals surface area (Å²) in [5, 5.41) is -6.09.